The lowest BCUT2D eigenvalue weighted by Gasteiger charge is -2.28. The van der Waals surface area contributed by atoms with Crippen molar-refractivity contribution < 1.29 is 4.74 Å². The molecule has 0 N–H and O–H groups in total. The number of thiazole rings is 1. The molecule has 0 bridgehead atoms. The van der Waals surface area contributed by atoms with E-state index in [9.17, 15) is 0 Å². The minimum atomic E-state index is 0.744. The van der Waals surface area contributed by atoms with Gasteiger partial charge in [0, 0.05) is 30.7 Å². The molecule has 0 radical (unpaired) electrons. The molecule has 3 heterocycles. The minimum absolute atomic E-state index is 0.744. The molecular weight excluding hydrogens is 376 g/mol. The predicted molar refractivity (Wildman–Crippen MR) is 114 cm³/mol. The maximum atomic E-state index is 5.43. The molecule has 140 valence electrons. The third kappa shape index (κ3) is 4.21. The van der Waals surface area contributed by atoms with E-state index in [2.05, 4.69) is 57.1 Å². The molecule has 1 aromatic carbocycles. The highest BCUT2D eigenvalue weighted by Gasteiger charge is 2.11. The van der Waals surface area contributed by atoms with Crippen molar-refractivity contribution in [3.05, 3.63) is 57.5 Å². The van der Waals surface area contributed by atoms with Gasteiger partial charge in [-0.3, -0.25) is 4.99 Å². The number of hydrogen-bond acceptors (Lipinski definition) is 6. The first-order chi connectivity index (χ1) is 13.3. The van der Waals surface area contributed by atoms with Gasteiger partial charge in [0.1, 0.15) is 0 Å². The average molecular weight is 399 g/mol. The Morgan fingerprint density at radius 1 is 1.11 bits per heavy atom. The number of morpholine rings is 1. The number of nitrogens with zero attached hydrogens (tertiary/aromatic N) is 4. The Balaban J connectivity index is 1.59. The highest BCUT2D eigenvalue weighted by Crippen LogP contribution is 2.25. The summed E-state index contributed by atoms with van der Waals surface area (Å²) in [6.07, 6.45) is 1.90. The molecule has 5 nitrogen and oxygen atoms in total. The van der Waals surface area contributed by atoms with Gasteiger partial charge in [-0.1, -0.05) is 18.2 Å². The predicted octanol–water partition coefficient (Wildman–Crippen LogP) is 3.92. The zero-order chi connectivity index (χ0) is 18.5. The van der Waals surface area contributed by atoms with Crippen LogP contribution in [0.4, 0.5) is 5.69 Å². The van der Waals surface area contributed by atoms with Crippen molar-refractivity contribution in [2.45, 2.75) is 6.92 Å². The first-order valence-corrected chi connectivity index (χ1v) is 10.8. The van der Waals surface area contributed by atoms with Crippen LogP contribution < -0.4 is 9.70 Å². The van der Waals surface area contributed by atoms with E-state index in [1.807, 2.05) is 17.8 Å². The normalized spacial score (nSPS) is 15.7. The average Bonchev–Trinajstić information content (AvgIpc) is 3.38. The quantitative estimate of drug-likeness (QED) is 0.612. The molecule has 0 amide bonds. The van der Waals surface area contributed by atoms with E-state index in [-0.39, 0.29) is 0 Å². The van der Waals surface area contributed by atoms with Crippen LogP contribution in [0, 0.1) is 0 Å². The Kier molecular flexibility index (Phi) is 5.81. The van der Waals surface area contributed by atoms with Crippen LogP contribution in [0.25, 0.3) is 10.6 Å². The number of ether oxygens (including phenoxy) is 1. The van der Waals surface area contributed by atoms with E-state index in [0.717, 1.165) is 48.9 Å². The third-order valence-electron chi connectivity index (χ3n) is 4.34. The van der Waals surface area contributed by atoms with Crippen LogP contribution in [0.1, 0.15) is 12.5 Å². The fourth-order valence-electron chi connectivity index (χ4n) is 2.97. The van der Waals surface area contributed by atoms with Crippen LogP contribution >= 0.6 is 22.7 Å². The first kappa shape index (κ1) is 18.2. The van der Waals surface area contributed by atoms with Crippen molar-refractivity contribution in [2.24, 2.45) is 10.1 Å². The number of rotatable bonds is 5. The van der Waals surface area contributed by atoms with Crippen LogP contribution in [0.15, 0.2) is 57.3 Å². The lowest BCUT2D eigenvalue weighted by atomic mass is 10.2. The maximum absolute atomic E-state index is 5.43. The molecule has 0 saturated carbocycles. The van der Waals surface area contributed by atoms with Crippen LogP contribution in [0.2, 0.25) is 0 Å². The highest BCUT2D eigenvalue weighted by atomic mass is 32.1. The topological polar surface area (TPSA) is 42.1 Å². The molecule has 0 unspecified atom stereocenters. The summed E-state index contributed by atoms with van der Waals surface area (Å²) in [5.41, 5.74) is 3.40. The number of hydrogen-bond donors (Lipinski definition) is 0. The van der Waals surface area contributed by atoms with Crippen molar-refractivity contribution in [1.82, 2.24) is 4.68 Å². The fraction of sp³-hybridized carbons (Fsp3) is 0.300. The molecule has 1 saturated heterocycles. The second-order valence-corrected chi connectivity index (χ2v) is 7.89. The molecule has 4 rings (SSSR count). The van der Waals surface area contributed by atoms with Crippen molar-refractivity contribution in [2.75, 3.05) is 37.7 Å². The van der Waals surface area contributed by atoms with Crippen LogP contribution in [0.3, 0.4) is 0 Å². The number of aromatic nitrogens is 1. The van der Waals surface area contributed by atoms with Crippen molar-refractivity contribution >= 4 is 34.6 Å². The van der Waals surface area contributed by atoms with E-state index in [1.165, 1.54) is 10.6 Å². The van der Waals surface area contributed by atoms with Gasteiger partial charge in [0.15, 0.2) is 0 Å². The molecule has 0 spiro atoms. The van der Waals surface area contributed by atoms with Gasteiger partial charge in [-0.15, -0.1) is 22.7 Å². The lowest BCUT2D eigenvalue weighted by molar-refractivity contribution is 0.122. The van der Waals surface area contributed by atoms with Gasteiger partial charge in [0.25, 0.3) is 0 Å². The van der Waals surface area contributed by atoms with Crippen LogP contribution in [0.5, 0.6) is 0 Å². The van der Waals surface area contributed by atoms with E-state index < -0.39 is 0 Å². The highest BCUT2D eigenvalue weighted by molar-refractivity contribution is 7.14. The van der Waals surface area contributed by atoms with Gasteiger partial charge in [0.05, 0.1) is 30.0 Å². The molecular formula is C20H22N4OS2. The number of thiophene rings is 1. The first-order valence-electron chi connectivity index (χ1n) is 9.07. The zero-order valence-corrected chi connectivity index (χ0v) is 16.9. The second kappa shape index (κ2) is 8.65. The molecule has 1 aliphatic heterocycles. The van der Waals surface area contributed by atoms with Gasteiger partial charge in [-0.05, 0) is 36.1 Å². The summed E-state index contributed by atoms with van der Waals surface area (Å²) in [6, 6.07) is 12.7. The largest absolute Gasteiger partial charge is 0.378 e. The van der Waals surface area contributed by atoms with Crippen LogP contribution in [-0.2, 0) is 4.74 Å². The van der Waals surface area contributed by atoms with E-state index in [1.54, 1.807) is 22.7 Å². The molecule has 0 aliphatic carbocycles. The summed E-state index contributed by atoms with van der Waals surface area (Å²) in [7, 11) is 0. The van der Waals surface area contributed by atoms with Gasteiger partial charge < -0.3 is 9.64 Å². The standard InChI is InChI=1S/C20H22N4OS2/c1-2-21-20-24(18(15-27-20)19-4-3-13-26-19)22-14-16-5-7-17(8-6-16)23-9-11-25-12-10-23/h3-8,13-15H,2,9-12H2,1H3. The van der Waals surface area contributed by atoms with Gasteiger partial charge in [0.2, 0.25) is 4.80 Å². The molecule has 2 aromatic heterocycles. The molecule has 0 atom stereocenters. The zero-order valence-electron chi connectivity index (χ0n) is 15.2. The lowest BCUT2D eigenvalue weighted by Crippen LogP contribution is -2.36. The van der Waals surface area contributed by atoms with E-state index in [0.29, 0.717) is 0 Å². The van der Waals surface area contributed by atoms with Gasteiger partial charge in [-0.2, -0.15) is 5.10 Å². The maximum Gasteiger partial charge on any atom is 0.206 e. The molecule has 1 aliphatic rings. The van der Waals surface area contributed by atoms with Crippen molar-refractivity contribution in [3.63, 3.8) is 0 Å². The smallest absolute Gasteiger partial charge is 0.206 e. The summed E-state index contributed by atoms with van der Waals surface area (Å²) in [6.45, 7) is 6.28. The molecule has 27 heavy (non-hydrogen) atoms. The van der Waals surface area contributed by atoms with Crippen molar-refractivity contribution in [1.29, 1.82) is 0 Å². The Bertz CT molecular complexity index is 949. The van der Waals surface area contributed by atoms with E-state index in [4.69, 9.17) is 9.84 Å². The van der Waals surface area contributed by atoms with E-state index >= 15 is 0 Å². The SMILES string of the molecule is CCN=c1scc(-c2cccs2)n1N=Cc1ccc(N2CCOCC2)cc1. The second-order valence-electron chi connectivity index (χ2n) is 6.10. The van der Waals surface area contributed by atoms with Gasteiger partial charge >= 0.3 is 0 Å². The monoisotopic (exact) mass is 398 g/mol. The Morgan fingerprint density at radius 3 is 2.63 bits per heavy atom. The Labute approximate surface area is 166 Å². The molecule has 7 heteroatoms. The molecule has 1 fully saturated rings. The summed E-state index contributed by atoms with van der Waals surface area (Å²) < 4.78 is 7.37. The number of anilines is 1. The third-order valence-corrected chi connectivity index (χ3v) is 6.09. The van der Waals surface area contributed by atoms with Crippen LogP contribution in [-0.4, -0.2) is 43.7 Å². The summed E-state index contributed by atoms with van der Waals surface area (Å²) in [5, 5.41) is 8.94. The summed E-state index contributed by atoms with van der Waals surface area (Å²) in [4.78, 5) is 9.05. The Hall–Kier alpha value is -2.22. The summed E-state index contributed by atoms with van der Waals surface area (Å²) in [5.74, 6) is 0. The number of benzene rings is 1. The van der Waals surface area contributed by atoms with Gasteiger partial charge in [-0.25, -0.2) is 4.68 Å². The Morgan fingerprint density at radius 2 is 1.93 bits per heavy atom. The minimum Gasteiger partial charge on any atom is -0.378 e. The van der Waals surface area contributed by atoms with Crippen molar-refractivity contribution in [3.8, 4) is 10.6 Å². The molecule has 3 aromatic rings. The fourth-order valence-corrected chi connectivity index (χ4v) is 4.66. The summed E-state index contributed by atoms with van der Waals surface area (Å²) >= 11 is 3.34.